The van der Waals surface area contributed by atoms with Gasteiger partial charge in [-0.3, -0.25) is 0 Å². The minimum Gasteiger partial charge on any atom is -0.456 e. The Morgan fingerprint density at radius 3 is 1.17 bits per heavy atom. The number of hydrogen-bond donors (Lipinski definition) is 0. The highest BCUT2D eigenvalue weighted by molar-refractivity contribution is 6.40. The number of benzene rings is 8. The summed E-state index contributed by atoms with van der Waals surface area (Å²) in [7, 11) is 0. The molecule has 4 nitrogen and oxygen atoms in total. The third-order valence-corrected chi connectivity index (χ3v) is 11.0. The average molecular weight is 664 g/mol. The van der Waals surface area contributed by atoms with Crippen molar-refractivity contribution < 1.29 is 4.42 Å². The predicted molar refractivity (Wildman–Crippen MR) is 217 cm³/mol. The number of rotatable bonds is 3. The van der Waals surface area contributed by atoms with Crippen molar-refractivity contribution in [3.8, 4) is 17.1 Å². The molecular weight excluding hydrogens is 635 g/mol. The molecule has 0 aliphatic rings. The summed E-state index contributed by atoms with van der Waals surface area (Å²) in [5.74, 6) is 0. The lowest BCUT2D eigenvalue weighted by atomic mass is 10.0. The fourth-order valence-electron chi connectivity index (χ4n) is 8.96. The summed E-state index contributed by atoms with van der Waals surface area (Å²) in [6.07, 6.45) is 0. The molecule has 0 unspecified atom stereocenters. The molecule has 4 heterocycles. The fraction of sp³-hybridized carbons (Fsp3) is 0. The van der Waals surface area contributed by atoms with Gasteiger partial charge < -0.3 is 18.1 Å². The first-order valence-electron chi connectivity index (χ1n) is 17.8. The molecule has 0 atom stereocenters. The van der Waals surface area contributed by atoms with Crippen molar-refractivity contribution in [1.29, 1.82) is 0 Å². The van der Waals surface area contributed by atoms with E-state index in [0.717, 1.165) is 39.0 Å². The van der Waals surface area contributed by atoms with Crippen LogP contribution in [0.5, 0.6) is 0 Å². The lowest BCUT2D eigenvalue weighted by Gasteiger charge is -2.13. The maximum atomic E-state index is 6.32. The molecule has 0 amide bonds. The van der Waals surface area contributed by atoms with Gasteiger partial charge in [0.15, 0.2) is 0 Å². The Labute approximate surface area is 297 Å². The second-order valence-electron chi connectivity index (χ2n) is 13.7. The molecule has 52 heavy (non-hydrogen) atoms. The molecule has 12 aromatic rings. The van der Waals surface area contributed by atoms with Gasteiger partial charge >= 0.3 is 0 Å². The van der Waals surface area contributed by atoms with Crippen molar-refractivity contribution in [3.63, 3.8) is 0 Å². The van der Waals surface area contributed by atoms with Crippen LogP contribution >= 0.6 is 0 Å². The van der Waals surface area contributed by atoms with Crippen LogP contribution in [0.2, 0.25) is 0 Å². The molecule has 8 aromatic carbocycles. The molecule has 0 spiro atoms. The van der Waals surface area contributed by atoms with Gasteiger partial charge in [-0.2, -0.15) is 0 Å². The summed E-state index contributed by atoms with van der Waals surface area (Å²) in [5, 5.41) is 9.65. The molecule has 4 heteroatoms. The first-order valence-corrected chi connectivity index (χ1v) is 17.8. The maximum absolute atomic E-state index is 6.32. The standard InChI is InChI=1S/C48H29N3O/c1-3-15-30(16-4-1)49-38-23-11-7-20-34(38)43-46-44(35-21-8-12-24-39(35)50(46)31-17-5-2-6-18-31)48-45(47(43)49)36-22-9-13-25-40(36)51(48)32-27-28-42-37(29-32)33-19-10-14-26-41(33)52-42/h1-29H. The summed E-state index contributed by atoms with van der Waals surface area (Å²) in [4.78, 5) is 0. The summed E-state index contributed by atoms with van der Waals surface area (Å²) in [5.41, 5.74) is 12.3. The Kier molecular flexibility index (Phi) is 5.47. The van der Waals surface area contributed by atoms with E-state index in [9.17, 15) is 0 Å². The Hall–Kier alpha value is -7.04. The molecule has 0 saturated heterocycles. The first kappa shape index (κ1) is 27.7. The number of para-hydroxylation sites is 6. The zero-order valence-electron chi connectivity index (χ0n) is 28.0. The van der Waals surface area contributed by atoms with Crippen molar-refractivity contribution in [2.24, 2.45) is 0 Å². The highest BCUT2D eigenvalue weighted by Gasteiger charge is 2.28. The van der Waals surface area contributed by atoms with Gasteiger partial charge in [0.2, 0.25) is 0 Å². The largest absolute Gasteiger partial charge is 0.456 e. The minimum atomic E-state index is 0.892. The number of nitrogens with zero attached hydrogens (tertiary/aromatic N) is 3. The SMILES string of the molecule is c1ccc(-n2c3ccccc3c3c2c2c4ccccc4n(-c4ccc5oc6ccccc6c5c4)c2c2c4ccccc4n(-c4ccccc4)c32)cc1. The lowest BCUT2D eigenvalue weighted by Crippen LogP contribution is -1.98. The highest BCUT2D eigenvalue weighted by atomic mass is 16.3. The van der Waals surface area contributed by atoms with E-state index in [-0.39, 0.29) is 0 Å². The summed E-state index contributed by atoms with van der Waals surface area (Å²) in [6, 6.07) is 63.4. The second kappa shape index (κ2) is 10.3. The van der Waals surface area contributed by atoms with Crippen molar-refractivity contribution in [1.82, 2.24) is 13.7 Å². The molecule has 0 aliphatic heterocycles. The first-order chi connectivity index (χ1) is 25.8. The van der Waals surface area contributed by atoms with Gasteiger partial charge in [0.05, 0.1) is 33.1 Å². The highest BCUT2D eigenvalue weighted by Crippen LogP contribution is 2.50. The Morgan fingerprint density at radius 2 is 0.673 bits per heavy atom. The molecule has 0 N–H and O–H groups in total. The Morgan fingerprint density at radius 1 is 0.288 bits per heavy atom. The van der Waals surface area contributed by atoms with Crippen LogP contribution in [-0.2, 0) is 0 Å². The van der Waals surface area contributed by atoms with Crippen LogP contribution in [0, 0.1) is 0 Å². The van der Waals surface area contributed by atoms with Crippen LogP contribution in [0.4, 0.5) is 0 Å². The Balaban J connectivity index is 1.42. The summed E-state index contributed by atoms with van der Waals surface area (Å²) in [6.45, 7) is 0. The van der Waals surface area contributed by atoms with E-state index < -0.39 is 0 Å². The number of fused-ring (bicyclic) bond motifs is 15. The van der Waals surface area contributed by atoms with Crippen LogP contribution in [-0.4, -0.2) is 13.7 Å². The number of furan rings is 1. The fourth-order valence-corrected chi connectivity index (χ4v) is 8.96. The van der Waals surface area contributed by atoms with Crippen LogP contribution in [0.25, 0.3) is 104 Å². The van der Waals surface area contributed by atoms with Gasteiger partial charge in [-0.05, 0) is 66.7 Å². The van der Waals surface area contributed by atoms with E-state index in [1.54, 1.807) is 0 Å². The molecule has 4 aromatic heterocycles. The molecule has 0 fully saturated rings. The van der Waals surface area contributed by atoms with Crippen molar-refractivity contribution in [3.05, 3.63) is 176 Å². The van der Waals surface area contributed by atoms with Gasteiger partial charge in [0.1, 0.15) is 11.2 Å². The van der Waals surface area contributed by atoms with Crippen LogP contribution < -0.4 is 0 Å². The van der Waals surface area contributed by atoms with Gasteiger partial charge in [0, 0.05) is 60.2 Å². The zero-order valence-corrected chi connectivity index (χ0v) is 28.0. The van der Waals surface area contributed by atoms with Crippen LogP contribution in [0.3, 0.4) is 0 Å². The van der Waals surface area contributed by atoms with Crippen LogP contribution in [0.1, 0.15) is 0 Å². The van der Waals surface area contributed by atoms with Gasteiger partial charge in [-0.25, -0.2) is 0 Å². The van der Waals surface area contributed by atoms with E-state index in [1.807, 2.05) is 6.07 Å². The van der Waals surface area contributed by atoms with Crippen molar-refractivity contribution in [2.45, 2.75) is 0 Å². The summed E-state index contributed by atoms with van der Waals surface area (Å²) >= 11 is 0. The number of hydrogen-bond acceptors (Lipinski definition) is 1. The average Bonchev–Trinajstić information content (AvgIpc) is 3.94. The van der Waals surface area contributed by atoms with Gasteiger partial charge in [-0.15, -0.1) is 0 Å². The third-order valence-electron chi connectivity index (χ3n) is 11.0. The van der Waals surface area contributed by atoms with E-state index in [2.05, 4.69) is 184 Å². The van der Waals surface area contributed by atoms with Gasteiger partial charge in [0.25, 0.3) is 0 Å². The third kappa shape index (κ3) is 3.55. The van der Waals surface area contributed by atoms with Crippen LogP contribution in [0.15, 0.2) is 180 Å². The van der Waals surface area contributed by atoms with Crippen molar-refractivity contribution >= 4 is 87.4 Å². The molecule has 0 saturated carbocycles. The van der Waals surface area contributed by atoms with E-state index >= 15 is 0 Å². The minimum absolute atomic E-state index is 0.892. The quantitative estimate of drug-likeness (QED) is 0.185. The number of aromatic nitrogens is 3. The maximum Gasteiger partial charge on any atom is 0.135 e. The lowest BCUT2D eigenvalue weighted by molar-refractivity contribution is 0.669. The van der Waals surface area contributed by atoms with Gasteiger partial charge in [-0.1, -0.05) is 109 Å². The molecule has 12 rings (SSSR count). The zero-order chi connectivity index (χ0) is 33.9. The normalized spacial score (nSPS) is 12.2. The predicted octanol–water partition coefficient (Wildman–Crippen LogP) is 12.9. The Bertz CT molecular complexity index is 3320. The molecule has 242 valence electrons. The van der Waals surface area contributed by atoms with E-state index in [1.165, 1.54) is 65.4 Å². The molecule has 0 radical (unpaired) electrons. The van der Waals surface area contributed by atoms with E-state index in [4.69, 9.17) is 4.42 Å². The molecule has 0 aliphatic carbocycles. The second-order valence-corrected chi connectivity index (χ2v) is 13.7. The summed E-state index contributed by atoms with van der Waals surface area (Å²) < 4.78 is 13.8. The van der Waals surface area contributed by atoms with Crippen molar-refractivity contribution in [2.75, 3.05) is 0 Å². The molecular formula is C48H29N3O. The topological polar surface area (TPSA) is 27.9 Å². The van der Waals surface area contributed by atoms with E-state index in [0.29, 0.717) is 0 Å². The monoisotopic (exact) mass is 663 g/mol. The molecule has 0 bridgehead atoms. The smallest absolute Gasteiger partial charge is 0.135 e.